The quantitative estimate of drug-likeness (QED) is 0.665. The van der Waals surface area contributed by atoms with Crippen molar-refractivity contribution in [1.29, 1.82) is 0 Å². The van der Waals surface area contributed by atoms with Crippen molar-refractivity contribution in [2.75, 3.05) is 32.8 Å². The van der Waals surface area contributed by atoms with Crippen LogP contribution in [-0.2, 0) is 9.53 Å². The number of β-amino-alcohol motifs (C(OH)–C–C–N with tert-alkyl or cyclic N) is 1. The minimum Gasteiger partial charge on any atom is -0.480 e. The van der Waals surface area contributed by atoms with Gasteiger partial charge in [0.15, 0.2) is 0 Å². The summed E-state index contributed by atoms with van der Waals surface area (Å²) >= 11 is 0. The highest BCUT2D eigenvalue weighted by Gasteiger charge is 2.40. The molecule has 2 N–H and O–H groups in total. The van der Waals surface area contributed by atoms with E-state index >= 15 is 0 Å². The maximum absolute atomic E-state index is 12.3. The average Bonchev–Trinajstić information content (AvgIpc) is 2.76. The number of carboxylic acids is 1. The third-order valence-corrected chi connectivity index (χ3v) is 3.17. The number of likely N-dealkylation sites (N-methyl/N-ethyl adjacent to an activating group) is 1. The highest BCUT2D eigenvalue weighted by Crippen LogP contribution is 2.19. The van der Waals surface area contributed by atoms with Crippen LogP contribution in [0.2, 0.25) is 0 Å². The molecule has 0 saturated carbocycles. The number of nitrogens with zero attached hydrogens (tertiary/aromatic N) is 2. The molecule has 110 valence electrons. The Hall–Kier alpha value is -1.34. The number of aliphatic hydroxyl groups is 1. The molecule has 2 amide bonds. The number of likely N-dealkylation sites (tertiary alicyclic amines) is 1. The Morgan fingerprint density at radius 2 is 2.11 bits per heavy atom. The van der Waals surface area contributed by atoms with Gasteiger partial charge in [-0.25, -0.2) is 9.59 Å². The van der Waals surface area contributed by atoms with Gasteiger partial charge in [-0.3, -0.25) is 0 Å². The number of carboxylic acid groups (broad SMARTS) is 1. The van der Waals surface area contributed by atoms with Crippen molar-refractivity contribution >= 4 is 12.0 Å². The second kappa shape index (κ2) is 7.30. The minimum atomic E-state index is -1.08. The summed E-state index contributed by atoms with van der Waals surface area (Å²) in [5.74, 6) is -1.08. The minimum absolute atomic E-state index is 0.0704. The second-order valence-electron chi connectivity index (χ2n) is 4.46. The van der Waals surface area contributed by atoms with Crippen molar-refractivity contribution in [1.82, 2.24) is 9.80 Å². The highest BCUT2D eigenvalue weighted by atomic mass is 16.5. The maximum Gasteiger partial charge on any atom is 0.326 e. The van der Waals surface area contributed by atoms with Gasteiger partial charge >= 0.3 is 12.0 Å². The Bertz CT molecular complexity index is 323. The van der Waals surface area contributed by atoms with Crippen molar-refractivity contribution in [2.45, 2.75) is 32.4 Å². The third-order valence-electron chi connectivity index (χ3n) is 3.17. The SMILES string of the molecule is CCOCCN(CC)C(=O)N1C[C@H](O)C[C@H]1C(=O)O. The molecule has 7 heteroatoms. The number of amides is 2. The number of rotatable bonds is 6. The Morgan fingerprint density at radius 3 is 2.63 bits per heavy atom. The number of hydrogen-bond donors (Lipinski definition) is 2. The van der Waals surface area contributed by atoms with Crippen molar-refractivity contribution in [2.24, 2.45) is 0 Å². The number of ether oxygens (including phenoxy) is 1. The molecule has 0 radical (unpaired) electrons. The van der Waals surface area contributed by atoms with Crippen LogP contribution in [0.15, 0.2) is 0 Å². The first-order chi connectivity index (χ1) is 9.01. The van der Waals surface area contributed by atoms with E-state index in [1.54, 1.807) is 0 Å². The van der Waals surface area contributed by atoms with Crippen LogP contribution in [0.3, 0.4) is 0 Å². The molecule has 0 spiro atoms. The van der Waals surface area contributed by atoms with Gasteiger partial charge in [0.05, 0.1) is 12.7 Å². The molecule has 1 saturated heterocycles. The zero-order valence-corrected chi connectivity index (χ0v) is 11.4. The number of aliphatic carboxylic acids is 1. The lowest BCUT2D eigenvalue weighted by atomic mass is 10.2. The molecule has 0 unspecified atom stereocenters. The molecule has 2 atom stereocenters. The van der Waals surface area contributed by atoms with Crippen molar-refractivity contribution < 1.29 is 24.5 Å². The number of hydrogen-bond acceptors (Lipinski definition) is 4. The summed E-state index contributed by atoms with van der Waals surface area (Å²) < 4.78 is 5.20. The number of carbonyl (C=O) groups is 2. The topological polar surface area (TPSA) is 90.3 Å². The standard InChI is InChI=1S/C12H22N2O5/c1-3-13(5-6-19-4-2)12(18)14-8-9(15)7-10(14)11(16)17/h9-10,15H,3-8H2,1-2H3,(H,16,17)/t9-,10+/m1/s1. The summed E-state index contributed by atoms with van der Waals surface area (Å²) in [5, 5.41) is 18.6. The molecule has 0 aromatic heterocycles. The summed E-state index contributed by atoms with van der Waals surface area (Å²) in [5.41, 5.74) is 0. The summed E-state index contributed by atoms with van der Waals surface area (Å²) in [6.07, 6.45) is -0.681. The lowest BCUT2D eigenvalue weighted by molar-refractivity contribution is -0.141. The fourth-order valence-corrected chi connectivity index (χ4v) is 2.15. The van der Waals surface area contributed by atoms with Gasteiger partial charge in [-0.1, -0.05) is 0 Å². The Morgan fingerprint density at radius 1 is 1.42 bits per heavy atom. The first-order valence-electron chi connectivity index (χ1n) is 6.55. The molecule has 1 aliphatic rings. The van der Waals surface area contributed by atoms with E-state index in [2.05, 4.69) is 0 Å². The third kappa shape index (κ3) is 4.07. The molecular formula is C12H22N2O5. The molecule has 0 aromatic rings. The van der Waals surface area contributed by atoms with Crippen molar-refractivity contribution in [3.05, 3.63) is 0 Å². The van der Waals surface area contributed by atoms with Crippen LogP contribution in [0.1, 0.15) is 20.3 Å². The van der Waals surface area contributed by atoms with Crippen LogP contribution in [0.5, 0.6) is 0 Å². The predicted octanol–water partition coefficient (Wildman–Crippen LogP) is -0.0154. The fraction of sp³-hybridized carbons (Fsp3) is 0.833. The summed E-state index contributed by atoms with van der Waals surface area (Å²) in [4.78, 5) is 26.1. The molecule has 0 bridgehead atoms. The van der Waals surface area contributed by atoms with E-state index in [9.17, 15) is 14.7 Å². The molecule has 1 aliphatic heterocycles. The average molecular weight is 274 g/mol. The number of urea groups is 1. The molecule has 7 nitrogen and oxygen atoms in total. The predicted molar refractivity (Wildman–Crippen MR) is 67.9 cm³/mol. The van der Waals surface area contributed by atoms with Gasteiger partial charge in [0, 0.05) is 32.7 Å². The maximum atomic E-state index is 12.3. The molecule has 1 heterocycles. The summed E-state index contributed by atoms with van der Waals surface area (Å²) in [6.45, 7) is 5.66. The van der Waals surface area contributed by atoms with E-state index in [0.717, 1.165) is 0 Å². The van der Waals surface area contributed by atoms with Crippen LogP contribution in [0.4, 0.5) is 4.79 Å². The van der Waals surface area contributed by atoms with E-state index in [1.807, 2.05) is 13.8 Å². The van der Waals surface area contributed by atoms with Crippen molar-refractivity contribution in [3.8, 4) is 0 Å². The van der Waals surface area contributed by atoms with Crippen LogP contribution >= 0.6 is 0 Å². The van der Waals surface area contributed by atoms with Crippen LogP contribution in [0.25, 0.3) is 0 Å². The molecule has 1 fully saturated rings. The second-order valence-corrected chi connectivity index (χ2v) is 4.46. The normalized spacial score (nSPS) is 22.6. The van der Waals surface area contributed by atoms with Crippen LogP contribution in [0, 0.1) is 0 Å². The number of aliphatic hydroxyl groups excluding tert-OH is 1. The smallest absolute Gasteiger partial charge is 0.326 e. The van der Waals surface area contributed by atoms with E-state index in [1.165, 1.54) is 9.80 Å². The van der Waals surface area contributed by atoms with E-state index < -0.39 is 18.1 Å². The van der Waals surface area contributed by atoms with Gasteiger partial charge in [-0.05, 0) is 13.8 Å². The van der Waals surface area contributed by atoms with Gasteiger partial charge in [-0.2, -0.15) is 0 Å². The fourth-order valence-electron chi connectivity index (χ4n) is 2.15. The lowest BCUT2D eigenvalue weighted by Gasteiger charge is -2.29. The Balaban J connectivity index is 2.64. The summed E-state index contributed by atoms with van der Waals surface area (Å²) in [6, 6.07) is -1.30. The molecule has 0 aliphatic carbocycles. The van der Waals surface area contributed by atoms with Gasteiger partial charge in [0.25, 0.3) is 0 Å². The Kier molecular flexibility index (Phi) is 6.04. The van der Waals surface area contributed by atoms with Gasteiger partial charge in [-0.15, -0.1) is 0 Å². The van der Waals surface area contributed by atoms with E-state index in [4.69, 9.17) is 9.84 Å². The Labute approximate surface area is 112 Å². The molecule has 1 rings (SSSR count). The zero-order chi connectivity index (χ0) is 14.4. The van der Waals surface area contributed by atoms with Gasteiger partial charge in [0.1, 0.15) is 6.04 Å². The molecule has 19 heavy (non-hydrogen) atoms. The van der Waals surface area contributed by atoms with E-state index in [0.29, 0.717) is 26.3 Å². The van der Waals surface area contributed by atoms with Crippen molar-refractivity contribution in [3.63, 3.8) is 0 Å². The lowest BCUT2D eigenvalue weighted by Crippen LogP contribution is -2.49. The van der Waals surface area contributed by atoms with Gasteiger partial charge in [0.2, 0.25) is 0 Å². The first kappa shape index (κ1) is 15.7. The largest absolute Gasteiger partial charge is 0.480 e. The van der Waals surface area contributed by atoms with Crippen LogP contribution in [-0.4, -0.2) is 77.0 Å². The summed E-state index contributed by atoms with van der Waals surface area (Å²) in [7, 11) is 0. The monoisotopic (exact) mass is 274 g/mol. The van der Waals surface area contributed by atoms with Gasteiger partial charge < -0.3 is 24.7 Å². The first-order valence-corrected chi connectivity index (χ1v) is 6.55. The highest BCUT2D eigenvalue weighted by molar-refractivity contribution is 5.83. The van der Waals surface area contributed by atoms with E-state index in [-0.39, 0.29) is 19.0 Å². The molecule has 0 aromatic carbocycles. The zero-order valence-electron chi connectivity index (χ0n) is 11.4. The van der Waals surface area contributed by atoms with Crippen LogP contribution < -0.4 is 0 Å². The molecular weight excluding hydrogens is 252 g/mol. The number of carbonyl (C=O) groups excluding carboxylic acids is 1.